The van der Waals surface area contributed by atoms with Crippen LogP contribution in [-0.4, -0.2) is 48.4 Å². The average molecular weight is 378 g/mol. The molecule has 7 nitrogen and oxygen atoms in total. The van der Waals surface area contributed by atoms with Crippen molar-refractivity contribution in [3.8, 4) is 0 Å². The molecule has 7 heteroatoms. The van der Waals surface area contributed by atoms with Gasteiger partial charge in [-0.25, -0.2) is 4.79 Å². The zero-order valence-electron chi connectivity index (χ0n) is 16.2. The number of nitrogens with one attached hydrogen (secondary N) is 2. The van der Waals surface area contributed by atoms with Crippen LogP contribution in [0.25, 0.3) is 0 Å². The second kappa shape index (κ2) is 10.9. The van der Waals surface area contributed by atoms with Gasteiger partial charge >= 0.3 is 6.09 Å². The van der Waals surface area contributed by atoms with E-state index in [0.717, 1.165) is 24.9 Å². The first-order valence-electron chi connectivity index (χ1n) is 9.73. The van der Waals surface area contributed by atoms with Crippen LogP contribution < -0.4 is 16.0 Å². The molecule has 3 atom stereocenters. The number of ether oxygens (including phenoxy) is 1. The Morgan fingerprint density at radius 3 is 2.74 bits per heavy atom. The number of benzene rings is 1. The van der Waals surface area contributed by atoms with E-state index in [0.29, 0.717) is 13.0 Å². The molecule has 0 radical (unpaired) electrons. The molecule has 150 valence electrons. The number of nitrogens with two attached hydrogens (primary N) is 1. The number of aliphatic hydroxyl groups is 1. The summed E-state index contributed by atoms with van der Waals surface area (Å²) in [6.07, 6.45) is 0.969. The molecule has 1 saturated heterocycles. The second-order valence-corrected chi connectivity index (χ2v) is 7.53. The van der Waals surface area contributed by atoms with Crippen molar-refractivity contribution < 1.29 is 24.7 Å². The predicted octanol–water partition coefficient (Wildman–Crippen LogP) is 0.530. The van der Waals surface area contributed by atoms with E-state index < -0.39 is 18.2 Å². The van der Waals surface area contributed by atoms with Crippen LogP contribution in [0, 0.1) is 5.92 Å². The molecule has 1 heterocycles. The molecule has 1 aliphatic heterocycles. The van der Waals surface area contributed by atoms with E-state index in [9.17, 15) is 14.7 Å². The molecule has 2 rings (SSSR count). The van der Waals surface area contributed by atoms with Crippen LogP contribution in [-0.2, 0) is 16.1 Å². The number of aliphatic hydroxyl groups excluding tert-OH is 1. The largest absolute Gasteiger partial charge is 0.445 e. The lowest BCUT2D eigenvalue weighted by Gasteiger charge is -2.25. The van der Waals surface area contributed by atoms with Crippen molar-refractivity contribution in [1.82, 2.24) is 10.6 Å². The van der Waals surface area contributed by atoms with Gasteiger partial charge in [0.1, 0.15) is 25.3 Å². The molecular weight excluding hydrogens is 346 g/mol. The number of hydrogen-bond acceptors (Lipinski definition) is 4. The van der Waals surface area contributed by atoms with Gasteiger partial charge in [-0.05, 0) is 30.7 Å². The van der Waals surface area contributed by atoms with E-state index in [4.69, 9.17) is 4.74 Å². The smallest absolute Gasteiger partial charge is 0.408 e. The first-order valence-corrected chi connectivity index (χ1v) is 9.73. The molecule has 1 aromatic carbocycles. The number of hydrogen-bond donors (Lipinski definition) is 4. The fourth-order valence-corrected chi connectivity index (χ4v) is 3.19. The van der Waals surface area contributed by atoms with Crippen molar-refractivity contribution in [3.63, 3.8) is 0 Å². The zero-order valence-corrected chi connectivity index (χ0v) is 16.2. The van der Waals surface area contributed by atoms with Crippen molar-refractivity contribution in [2.45, 2.75) is 57.9 Å². The molecule has 1 fully saturated rings. The minimum Gasteiger partial charge on any atom is -0.445 e. The SMILES string of the molecule is CC(C)C[C@H](NC(=O)OCc1ccccc1)C(=O)NC1CCC[NH2+]CC1O. The van der Waals surface area contributed by atoms with Crippen molar-refractivity contribution in [1.29, 1.82) is 0 Å². The number of rotatable bonds is 7. The van der Waals surface area contributed by atoms with Crippen LogP contribution >= 0.6 is 0 Å². The number of alkyl carbamates (subject to hydrolysis) is 1. The van der Waals surface area contributed by atoms with Gasteiger partial charge in [0.25, 0.3) is 0 Å². The lowest BCUT2D eigenvalue weighted by molar-refractivity contribution is -0.658. The lowest BCUT2D eigenvalue weighted by atomic mass is 10.0. The van der Waals surface area contributed by atoms with Gasteiger partial charge in [0.15, 0.2) is 0 Å². The first-order chi connectivity index (χ1) is 13.0. The fourth-order valence-electron chi connectivity index (χ4n) is 3.19. The molecule has 27 heavy (non-hydrogen) atoms. The van der Waals surface area contributed by atoms with E-state index in [1.165, 1.54) is 0 Å². The summed E-state index contributed by atoms with van der Waals surface area (Å²) in [6.45, 7) is 5.66. The summed E-state index contributed by atoms with van der Waals surface area (Å²) in [5.74, 6) is -0.0473. The van der Waals surface area contributed by atoms with Crippen molar-refractivity contribution in [2.24, 2.45) is 5.92 Å². The summed E-state index contributed by atoms with van der Waals surface area (Å²) in [7, 11) is 0. The van der Waals surface area contributed by atoms with Gasteiger partial charge in [-0.3, -0.25) is 4.79 Å². The highest BCUT2D eigenvalue weighted by Gasteiger charge is 2.29. The van der Waals surface area contributed by atoms with Gasteiger partial charge in [0, 0.05) is 0 Å². The Hall–Kier alpha value is -2.12. The van der Waals surface area contributed by atoms with Crippen LogP contribution in [0.3, 0.4) is 0 Å². The van der Waals surface area contributed by atoms with Crippen molar-refractivity contribution >= 4 is 12.0 Å². The second-order valence-electron chi connectivity index (χ2n) is 7.53. The number of quaternary nitrogens is 1. The normalized spacial score (nSPS) is 21.2. The number of amides is 2. The molecule has 0 bridgehead atoms. The minimum absolute atomic E-state index is 0.153. The molecule has 1 aromatic rings. The highest BCUT2D eigenvalue weighted by molar-refractivity contribution is 5.85. The maximum absolute atomic E-state index is 12.7. The van der Waals surface area contributed by atoms with Gasteiger partial charge in [-0.1, -0.05) is 44.2 Å². The van der Waals surface area contributed by atoms with E-state index in [-0.39, 0.29) is 24.5 Å². The van der Waals surface area contributed by atoms with Crippen LogP contribution in [0.2, 0.25) is 0 Å². The van der Waals surface area contributed by atoms with Crippen LogP contribution in [0.4, 0.5) is 4.79 Å². The minimum atomic E-state index is -0.687. The maximum atomic E-state index is 12.7. The summed E-state index contributed by atoms with van der Waals surface area (Å²) in [5, 5.41) is 17.8. The quantitative estimate of drug-likeness (QED) is 0.556. The monoisotopic (exact) mass is 378 g/mol. The molecule has 0 aromatic heterocycles. The third kappa shape index (κ3) is 7.56. The third-order valence-electron chi connectivity index (χ3n) is 4.65. The van der Waals surface area contributed by atoms with Crippen LogP contribution in [0.1, 0.15) is 38.7 Å². The van der Waals surface area contributed by atoms with Gasteiger partial charge in [0.2, 0.25) is 5.91 Å². The molecule has 5 N–H and O–H groups in total. The highest BCUT2D eigenvalue weighted by atomic mass is 16.5. The Labute approximate surface area is 160 Å². The Morgan fingerprint density at radius 2 is 2.04 bits per heavy atom. The molecule has 0 saturated carbocycles. The Morgan fingerprint density at radius 1 is 1.30 bits per heavy atom. The third-order valence-corrected chi connectivity index (χ3v) is 4.65. The summed E-state index contributed by atoms with van der Waals surface area (Å²) in [6, 6.07) is 8.42. The highest BCUT2D eigenvalue weighted by Crippen LogP contribution is 2.09. The van der Waals surface area contributed by atoms with Crippen molar-refractivity contribution in [2.75, 3.05) is 13.1 Å². The summed E-state index contributed by atoms with van der Waals surface area (Å²) < 4.78 is 5.24. The average Bonchev–Trinajstić information content (AvgIpc) is 2.84. The predicted molar refractivity (Wildman–Crippen MR) is 102 cm³/mol. The molecule has 2 amide bonds. The fraction of sp³-hybridized carbons (Fsp3) is 0.600. The number of carbonyl (C=O) groups is 2. The standard InChI is InChI=1S/C20H31N3O4/c1-14(2)11-17(19(25)22-16-9-6-10-21-12-18(16)24)23-20(26)27-13-15-7-4-3-5-8-15/h3-5,7-8,14,16-18,21,24H,6,9-13H2,1-2H3,(H,22,25)(H,23,26)/p+1/t16?,17-,18?/m0/s1. The summed E-state index contributed by atoms with van der Waals surface area (Å²) in [5.41, 5.74) is 0.885. The van der Waals surface area contributed by atoms with Crippen LogP contribution in [0.15, 0.2) is 30.3 Å². The van der Waals surface area contributed by atoms with E-state index in [1.807, 2.05) is 44.2 Å². The Bertz CT molecular complexity index is 594. The van der Waals surface area contributed by atoms with Gasteiger partial charge < -0.3 is 25.8 Å². The summed E-state index contributed by atoms with van der Waals surface area (Å²) in [4.78, 5) is 24.9. The lowest BCUT2D eigenvalue weighted by Crippen LogP contribution is -2.86. The van der Waals surface area contributed by atoms with Gasteiger partial charge in [-0.2, -0.15) is 0 Å². The molecule has 1 aliphatic rings. The zero-order chi connectivity index (χ0) is 19.6. The van der Waals surface area contributed by atoms with Gasteiger partial charge in [-0.15, -0.1) is 0 Å². The van der Waals surface area contributed by atoms with E-state index in [2.05, 4.69) is 16.0 Å². The van der Waals surface area contributed by atoms with E-state index >= 15 is 0 Å². The summed E-state index contributed by atoms with van der Waals surface area (Å²) >= 11 is 0. The van der Waals surface area contributed by atoms with Gasteiger partial charge in [0.05, 0.1) is 12.6 Å². The van der Waals surface area contributed by atoms with E-state index in [1.54, 1.807) is 0 Å². The topological polar surface area (TPSA) is 104 Å². The Kier molecular flexibility index (Phi) is 8.54. The van der Waals surface area contributed by atoms with Crippen LogP contribution in [0.5, 0.6) is 0 Å². The Balaban J connectivity index is 1.90. The van der Waals surface area contributed by atoms with Crippen molar-refractivity contribution in [3.05, 3.63) is 35.9 Å². The maximum Gasteiger partial charge on any atom is 0.408 e. The number of carbonyl (C=O) groups excluding carboxylic acids is 2. The molecular formula is C20H32N3O4+. The molecule has 0 aliphatic carbocycles. The molecule has 2 unspecified atom stereocenters. The molecule has 0 spiro atoms. The first kappa shape index (κ1) is 21.2.